The predicted octanol–water partition coefficient (Wildman–Crippen LogP) is 2.91. The van der Waals surface area contributed by atoms with Crippen LogP contribution in [0.2, 0.25) is 0 Å². The standard InChI is InChI=1S/C15H25NO/c1-5-7-16(8-6-2)11-14-13(4)9-12(3)10-15(14)17/h5-6,12-14H,1-2,7-11H2,3-4H3. The molecule has 1 saturated carbocycles. The lowest BCUT2D eigenvalue weighted by Crippen LogP contribution is -2.40. The number of carbonyl (C=O) groups is 1. The zero-order valence-corrected chi connectivity index (χ0v) is 11.2. The summed E-state index contributed by atoms with van der Waals surface area (Å²) in [7, 11) is 0. The summed E-state index contributed by atoms with van der Waals surface area (Å²) in [5.74, 6) is 1.70. The summed E-state index contributed by atoms with van der Waals surface area (Å²) < 4.78 is 0. The highest BCUT2D eigenvalue weighted by molar-refractivity contribution is 5.82. The minimum Gasteiger partial charge on any atom is -0.299 e. The van der Waals surface area contributed by atoms with Crippen molar-refractivity contribution in [3.8, 4) is 0 Å². The van der Waals surface area contributed by atoms with Gasteiger partial charge in [0.15, 0.2) is 0 Å². The van der Waals surface area contributed by atoms with Gasteiger partial charge in [0.05, 0.1) is 0 Å². The Hall–Kier alpha value is -0.890. The Balaban J connectivity index is 2.60. The molecule has 1 aliphatic carbocycles. The largest absolute Gasteiger partial charge is 0.299 e. The molecule has 0 N–H and O–H groups in total. The molecule has 0 aliphatic heterocycles. The van der Waals surface area contributed by atoms with Gasteiger partial charge in [0.2, 0.25) is 0 Å². The minimum absolute atomic E-state index is 0.200. The lowest BCUT2D eigenvalue weighted by Gasteiger charge is -2.34. The van der Waals surface area contributed by atoms with E-state index in [-0.39, 0.29) is 5.92 Å². The maximum absolute atomic E-state index is 12.1. The molecule has 17 heavy (non-hydrogen) atoms. The van der Waals surface area contributed by atoms with E-state index in [0.29, 0.717) is 17.6 Å². The molecule has 0 aromatic heterocycles. The molecular formula is C15H25NO. The van der Waals surface area contributed by atoms with Gasteiger partial charge in [-0.25, -0.2) is 0 Å². The number of ketones is 1. The van der Waals surface area contributed by atoms with Crippen molar-refractivity contribution in [3.63, 3.8) is 0 Å². The Labute approximate surface area is 105 Å². The number of rotatable bonds is 6. The molecule has 1 rings (SSSR count). The molecule has 1 aliphatic rings. The summed E-state index contributed by atoms with van der Waals surface area (Å²) in [4.78, 5) is 14.3. The molecule has 96 valence electrons. The second kappa shape index (κ2) is 6.75. The van der Waals surface area contributed by atoms with Gasteiger partial charge in [0.25, 0.3) is 0 Å². The summed E-state index contributed by atoms with van der Waals surface area (Å²) in [6.45, 7) is 14.4. The summed E-state index contributed by atoms with van der Waals surface area (Å²) in [5.41, 5.74) is 0. The Morgan fingerprint density at radius 3 is 2.35 bits per heavy atom. The lowest BCUT2D eigenvalue weighted by molar-refractivity contribution is -0.128. The van der Waals surface area contributed by atoms with Crippen LogP contribution in [0.1, 0.15) is 26.7 Å². The van der Waals surface area contributed by atoms with Crippen LogP contribution in [0.25, 0.3) is 0 Å². The first kappa shape index (κ1) is 14.2. The second-order valence-corrected chi connectivity index (χ2v) is 5.39. The first-order valence-corrected chi connectivity index (χ1v) is 6.55. The minimum atomic E-state index is 0.200. The van der Waals surface area contributed by atoms with Crippen LogP contribution in [-0.4, -0.2) is 30.3 Å². The quantitative estimate of drug-likeness (QED) is 0.660. The molecule has 2 heteroatoms. The van der Waals surface area contributed by atoms with Gasteiger partial charge < -0.3 is 0 Å². The maximum atomic E-state index is 12.1. The predicted molar refractivity (Wildman–Crippen MR) is 72.9 cm³/mol. The molecule has 3 atom stereocenters. The number of hydrogen-bond acceptors (Lipinski definition) is 2. The number of nitrogens with zero attached hydrogens (tertiary/aromatic N) is 1. The summed E-state index contributed by atoms with van der Waals surface area (Å²) in [6.07, 6.45) is 5.71. The van der Waals surface area contributed by atoms with E-state index in [1.54, 1.807) is 0 Å². The highest BCUT2D eigenvalue weighted by Crippen LogP contribution is 2.31. The highest BCUT2D eigenvalue weighted by Gasteiger charge is 2.33. The number of carbonyl (C=O) groups excluding carboxylic acids is 1. The van der Waals surface area contributed by atoms with Crippen molar-refractivity contribution < 1.29 is 4.79 Å². The highest BCUT2D eigenvalue weighted by atomic mass is 16.1. The van der Waals surface area contributed by atoms with Crippen LogP contribution >= 0.6 is 0 Å². The van der Waals surface area contributed by atoms with Gasteiger partial charge in [0, 0.05) is 32.0 Å². The van der Waals surface area contributed by atoms with Crippen LogP contribution in [0.5, 0.6) is 0 Å². The average molecular weight is 235 g/mol. The van der Waals surface area contributed by atoms with E-state index in [0.717, 1.165) is 26.1 Å². The number of Topliss-reactive ketones (excluding diaryl/α,β-unsaturated/α-hetero) is 1. The van der Waals surface area contributed by atoms with Crippen molar-refractivity contribution >= 4 is 5.78 Å². The Bertz CT molecular complexity index is 275. The third kappa shape index (κ3) is 4.12. The van der Waals surface area contributed by atoms with Crippen LogP contribution in [0.3, 0.4) is 0 Å². The molecular weight excluding hydrogens is 210 g/mol. The van der Waals surface area contributed by atoms with Crippen LogP contribution in [0.4, 0.5) is 0 Å². The SMILES string of the molecule is C=CCN(CC=C)CC1C(=O)CC(C)CC1C. The maximum Gasteiger partial charge on any atom is 0.137 e. The molecule has 3 unspecified atom stereocenters. The van der Waals surface area contributed by atoms with Crippen molar-refractivity contribution in [2.75, 3.05) is 19.6 Å². The molecule has 1 fully saturated rings. The van der Waals surface area contributed by atoms with Crippen LogP contribution in [0, 0.1) is 17.8 Å². The monoisotopic (exact) mass is 235 g/mol. The van der Waals surface area contributed by atoms with Crippen molar-refractivity contribution in [3.05, 3.63) is 25.3 Å². The van der Waals surface area contributed by atoms with Gasteiger partial charge in [-0.05, 0) is 18.3 Å². The first-order chi connectivity index (χ1) is 8.08. The van der Waals surface area contributed by atoms with E-state index >= 15 is 0 Å². The van der Waals surface area contributed by atoms with Crippen LogP contribution < -0.4 is 0 Å². The van der Waals surface area contributed by atoms with Gasteiger partial charge in [-0.3, -0.25) is 9.69 Å². The van der Waals surface area contributed by atoms with E-state index in [4.69, 9.17) is 0 Å². The van der Waals surface area contributed by atoms with Crippen molar-refractivity contribution in [2.45, 2.75) is 26.7 Å². The first-order valence-electron chi connectivity index (χ1n) is 6.55. The topological polar surface area (TPSA) is 20.3 Å². The normalized spacial score (nSPS) is 29.4. The lowest BCUT2D eigenvalue weighted by atomic mass is 9.74. The Morgan fingerprint density at radius 2 is 1.88 bits per heavy atom. The van der Waals surface area contributed by atoms with E-state index in [2.05, 4.69) is 31.9 Å². The summed E-state index contributed by atoms with van der Waals surface area (Å²) in [6, 6.07) is 0. The molecule has 2 nitrogen and oxygen atoms in total. The Morgan fingerprint density at radius 1 is 1.29 bits per heavy atom. The van der Waals surface area contributed by atoms with Crippen LogP contribution in [-0.2, 0) is 4.79 Å². The van der Waals surface area contributed by atoms with Gasteiger partial charge in [-0.1, -0.05) is 26.0 Å². The van der Waals surface area contributed by atoms with E-state index in [9.17, 15) is 4.79 Å². The summed E-state index contributed by atoms with van der Waals surface area (Å²) in [5, 5.41) is 0. The smallest absolute Gasteiger partial charge is 0.137 e. The molecule has 0 bridgehead atoms. The fourth-order valence-corrected chi connectivity index (χ4v) is 2.84. The van der Waals surface area contributed by atoms with Gasteiger partial charge in [0.1, 0.15) is 5.78 Å². The zero-order chi connectivity index (χ0) is 12.8. The number of hydrogen-bond donors (Lipinski definition) is 0. The summed E-state index contributed by atoms with van der Waals surface area (Å²) >= 11 is 0. The molecule has 0 radical (unpaired) electrons. The second-order valence-electron chi connectivity index (χ2n) is 5.39. The fraction of sp³-hybridized carbons (Fsp3) is 0.667. The van der Waals surface area contributed by atoms with Gasteiger partial charge in [-0.2, -0.15) is 0 Å². The van der Waals surface area contributed by atoms with Gasteiger partial charge in [-0.15, -0.1) is 13.2 Å². The average Bonchev–Trinajstić information content (AvgIpc) is 2.23. The zero-order valence-electron chi connectivity index (χ0n) is 11.2. The molecule has 0 saturated heterocycles. The molecule has 0 spiro atoms. The molecule has 0 heterocycles. The van der Waals surface area contributed by atoms with Crippen molar-refractivity contribution in [1.82, 2.24) is 4.90 Å². The molecule has 0 amide bonds. The third-order valence-electron chi connectivity index (χ3n) is 3.65. The Kier molecular flexibility index (Phi) is 5.63. The molecule has 0 aromatic carbocycles. The van der Waals surface area contributed by atoms with E-state index < -0.39 is 0 Å². The fourth-order valence-electron chi connectivity index (χ4n) is 2.84. The van der Waals surface area contributed by atoms with Crippen molar-refractivity contribution in [2.24, 2.45) is 17.8 Å². The van der Waals surface area contributed by atoms with Gasteiger partial charge >= 0.3 is 0 Å². The van der Waals surface area contributed by atoms with Crippen molar-refractivity contribution in [1.29, 1.82) is 0 Å². The van der Waals surface area contributed by atoms with E-state index in [1.807, 2.05) is 12.2 Å². The molecule has 0 aromatic rings. The van der Waals surface area contributed by atoms with Crippen LogP contribution in [0.15, 0.2) is 25.3 Å². The van der Waals surface area contributed by atoms with E-state index in [1.165, 1.54) is 6.42 Å². The third-order valence-corrected chi connectivity index (χ3v) is 3.65.